The van der Waals surface area contributed by atoms with E-state index in [-0.39, 0.29) is 5.69 Å². The number of nitro groups is 1. The lowest BCUT2D eigenvalue weighted by molar-refractivity contribution is -0.384. The first kappa shape index (κ1) is 14.9. The van der Waals surface area contributed by atoms with Crippen LogP contribution in [0.15, 0.2) is 30.3 Å². The van der Waals surface area contributed by atoms with Crippen molar-refractivity contribution in [1.82, 2.24) is 9.97 Å². The quantitative estimate of drug-likeness (QED) is 0.649. The van der Waals surface area contributed by atoms with Crippen LogP contribution < -0.4 is 5.32 Å². The molecule has 1 N–H and O–H groups in total. The summed E-state index contributed by atoms with van der Waals surface area (Å²) >= 11 is 0. The van der Waals surface area contributed by atoms with E-state index >= 15 is 0 Å². The fourth-order valence-electron chi connectivity index (χ4n) is 1.88. The number of hydrogen-bond donors (Lipinski definition) is 1. The van der Waals surface area contributed by atoms with Gasteiger partial charge in [0.2, 0.25) is 0 Å². The molecule has 21 heavy (non-hydrogen) atoms. The van der Waals surface area contributed by atoms with Gasteiger partial charge >= 0.3 is 0 Å². The summed E-state index contributed by atoms with van der Waals surface area (Å²) in [6.07, 6.45) is 0. The SMILES string of the molecule is CCNc1cc(COC)nc(-c2cccc([N+](=O)[O-])c2)n1. The zero-order valence-corrected chi connectivity index (χ0v) is 11.9. The molecule has 2 aromatic rings. The molecule has 0 aliphatic rings. The summed E-state index contributed by atoms with van der Waals surface area (Å²) < 4.78 is 5.09. The molecule has 0 atom stereocenters. The number of nitro benzene ring substituents is 1. The minimum Gasteiger partial charge on any atom is -0.378 e. The van der Waals surface area contributed by atoms with E-state index in [9.17, 15) is 10.1 Å². The van der Waals surface area contributed by atoms with Gasteiger partial charge in [-0.2, -0.15) is 0 Å². The van der Waals surface area contributed by atoms with Crippen molar-refractivity contribution in [3.63, 3.8) is 0 Å². The van der Waals surface area contributed by atoms with Crippen LogP contribution >= 0.6 is 0 Å². The Hall–Kier alpha value is -2.54. The maximum absolute atomic E-state index is 10.9. The Morgan fingerprint density at radius 2 is 2.14 bits per heavy atom. The third kappa shape index (κ3) is 3.73. The van der Waals surface area contributed by atoms with Gasteiger partial charge in [0.25, 0.3) is 5.69 Å². The van der Waals surface area contributed by atoms with Crippen LogP contribution in [0.5, 0.6) is 0 Å². The van der Waals surface area contributed by atoms with Gasteiger partial charge in [-0.1, -0.05) is 12.1 Å². The van der Waals surface area contributed by atoms with Gasteiger partial charge in [-0.3, -0.25) is 10.1 Å². The summed E-state index contributed by atoms with van der Waals surface area (Å²) in [5, 5.41) is 14.0. The van der Waals surface area contributed by atoms with Crippen LogP contribution in [0.2, 0.25) is 0 Å². The van der Waals surface area contributed by atoms with Crippen LogP contribution in [0.4, 0.5) is 11.5 Å². The number of benzene rings is 1. The smallest absolute Gasteiger partial charge is 0.270 e. The van der Waals surface area contributed by atoms with Crippen molar-refractivity contribution in [2.75, 3.05) is 19.0 Å². The van der Waals surface area contributed by atoms with Gasteiger partial charge in [-0.05, 0) is 6.92 Å². The highest BCUT2D eigenvalue weighted by Crippen LogP contribution is 2.22. The number of nitrogens with one attached hydrogen (secondary N) is 1. The van der Waals surface area contributed by atoms with Crippen LogP contribution in [0.1, 0.15) is 12.6 Å². The molecule has 0 radical (unpaired) electrons. The van der Waals surface area contributed by atoms with Crippen molar-refractivity contribution >= 4 is 11.5 Å². The number of nitrogens with zero attached hydrogens (tertiary/aromatic N) is 3. The number of ether oxygens (including phenoxy) is 1. The standard InChI is InChI=1S/C14H16N4O3/c1-3-15-13-8-11(9-21-2)16-14(17-13)10-5-4-6-12(7-10)18(19)20/h4-8H,3,9H2,1-2H3,(H,15,16,17). The lowest BCUT2D eigenvalue weighted by Crippen LogP contribution is -2.04. The van der Waals surface area contributed by atoms with Crippen LogP contribution in [0.25, 0.3) is 11.4 Å². The Morgan fingerprint density at radius 1 is 1.33 bits per heavy atom. The lowest BCUT2D eigenvalue weighted by Gasteiger charge is -2.08. The van der Waals surface area contributed by atoms with E-state index in [1.54, 1.807) is 25.3 Å². The zero-order valence-electron chi connectivity index (χ0n) is 11.9. The highest BCUT2D eigenvalue weighted by Gasteiger charge is 2.11. The van der Waals surface area contributed by atoms with Gasteiger partial charge < -0.3 is 10.1 Å². The molecule has 2 rings (SSSR count). The second kappa shape index (κ2) is 6.76. The maximum Gasteiger partial charge on any atom is 0.270 e. The zero-order chi connectivity index (χ0) is 15.2. The van der Waals surface area contributed by atoms with Crippen molar-refractivity contribution in [3.8, 4) is 11.4 Å². The number of hydrogen-bond acceptors (Lipinski definition) is 6. The third-order valence-corrected chi connectivity index (χ3v) is 2.74. The second-order valence-electron chi connectivity index (χ2n) is 4.34. The first-order valence-electron chi connectivity index (χ1n) is 6.49. The van der Waals surface area contributed by atoms with Gasteiger partial charge in [-0.15, -0.1) is 0 Å². The molecule has 7 heteroatoms. The first-order chi connectivity index (χ1) is 10.1. The van der Waals surface area contributed by atoms with Crippen molar-refractivity contribution in [2.24, 2.45) is 0 Å². The Morgan fingerprint density at radius 3 is 2.81 bits per heavy atom. The van der Waals surface area contributed by atoms with Gasteiger partial charge in [-0.25, -0.2) is 9.97 Å². The van der Waals surface area contributed by atoms with E-state index in [0.717, 1.165) is 6.54 Å². The molecule has 0 fully saturated rings. The average Bonchev–Trinajstić information content (AvgIpc) is 2.48. The summed E-state index contributed by atoms with van der Waals surface area (Å²) in [6.45, 7) is 3.03. The summed E-state index contributed by atoms with van der Waals surface area (Å²) in [5.41, 5.74) is 1.32. The molecule has 0 saturated carbocycles. The van der Waals surface area contributed by atoms with Gasteiger partial charge in [0, 0.05) is 37.4 Å². The van der Waals surface area contributed by atoms with Crippen molar-refractivity contribution in [1.29, 1.82) is 0 Å². The number of non-ortho nitro benzene ring substituents is 1. The molecule has 0 unspecified atom stereocenters. The van der Waals surface area contributed by atoms with Crippen molar-refractivity contribution in [3.05, 3.63) is 46.1 Å². The van der Waals surface area contributed by atoms with E-state index in [1.165, 1.54) is 12.1 Å². The van der Waals surface area contributed by atoms with E-state index in [0.29, 0.717) is 29.5 Å². The van der Waals surface area contributed by atoms with Crippen molar-refractivity contribution < 1.29 is 9.66 Å². The molecule has 0 saturated heterocycles. The number of aromatic nitrogens is 2. The number of rotatable bonds is 6. The van der Waals surface area contributed by atoms with Gasteiger partial charge in [0.15, 0.2) is 5.82 Å². The molecule has 1 aromatic carbocycles. The van der Waals surface area contributed by atoms with Crippen LogP contribution in [0, 0.1) is 10.1 Å². The average molecular weight is 288 g/mol. The molecule has 0 spiro atoms. The molecule has 0 amide bonds. The maximum atomic E-state index is 10.9. The molecular weight excluding hydrogens is 272 g/mol. The van der Waals surface area contributed by atoms with E-state index in [1.807, 2.05) is 6.92 Å². The Kier molecular flexibility index (Phi) is 4.78. The Labute approximate surface area is 122 Å². The highest BCUT2D eigenvalue weighted by molar-refractivity contribution is 5.61. The normalized spacial score (nSPS) is 10.4. The topological polar surface area (TPSA) is 90.2 Å². The minimum atomic E-state index is -0.437. The van der Waals surface area contributed by atoms with E-state index in [4.69, 9.17) is 4.74 Å². The van der Waals surface area contributed by atoms with Crippen molar-refractivity contribution in [2.45, 2.75) is 13.5 Å². The second-order valence-corrected chi connectivity index (χ2v) is 4.34. The first-order valence-corrected chi connectivity index (χ1v) is 6.49. The summed E-state index contributed by atoms with van der Waals surface area (Å²) in [5.74, 6) is 1.10. The molecule has 0 bridgehead atoms. The number of methoxy groups -OCH3 is 1. The molecule has 0 aliphatic carbocycles. The minimum absolute atomic E-state index is 0.0123. The highest BCUT2D eigenvalue weighted by atomic mass is 16.6. The Balaban J connectivity index is 2.46. The molecule has 1 aromatic heterocycles. The molecular formula is C14H16N4O3. The largest absolute Gasteiger partial charge is 0.378 e. The fourth-order valence-corrected chi connectivity index (χ4v) is 1.88. The van der Waals surface area contributed by atoms with E-state index < -0.39 is 4.92 Å². The summed E-state index contributed by atoms with van der Waals surface area (Å²) in [7, 11) is 1.59. The lowest BCUT2D eigenvalue weighted by atomic mass is 10.2. The van der Waals surface area contributed by atoms with Crippen LogP contribution in [0.3, 0.4) is 0 Å². The monoisotopic (exact) mass is 288 g/mol. The molecule has 7 nitrogen and oxygen atoms in total. The third-order valence-electron chi connectivity index (χ3n) is 2.74. The Bertz CT molecular complexity index is 622. The van der Waals surface area contributed by atoms with Crippen LogP contribution in [-0.2, 0) is 11.3 Å². The van der Waals surface area contributed by atoms with Crippen LogP contribution in [-0.4, -0.2) is 28.5 Å². The number of anilines is 1. The van der Waals surface area contributed by atoms with Gasteiger partial charge in [0.05, 0.1) is 17.2 Å². The molecule has 0 aliphatic heterocycles. The van der Waals surface area contributed by atoms with Gasteiger partial charge in [0.1, 0.15) is 5.82 Å². The molecule has 110 valence electrons. The molecule has 1 heterocycles. The predicted molar refractivity (Wildman–Crippen MR) is 79.0 cm³/mol. The predicted octanol–water partition coefficient (Wildman–Crippen LogP) is 2.63. The summed E-state index contributed by atoms with van der Waals surface area (Å²) in [6, 6.07) is 8.06. The summed E-state index contributed by atoms with van der Waals surface area (Å²) in [4.78, 5) is 19.2. The fraction of sp³-hybridized carbons (Fsp3) is 0.286. The van der Waals surface area contributed by atoms with E-state index in [2.05, 4.69) is 15.3 Å².